The smallest absolute Gasteiger partial charge is 0.122 e. The minimum absolute atomic E-state index is 0.431. The Morgan fingerprint density at radius 2 is 2.21 bits per heavy atom. The maximum absolute atomic E-state index is 5.73. The van der Waals surface area contributed by atoms with E-state index < -0.39 is 0 Å². The lowest BCUT2D eigenvalue weighted by molar-refractivity contribution is 0.406. The van der Waals surface area contributed by atoms with Gasteiger partial charge in [-0.15, -0.1) is 11.6 Å². The number of halogens is 2. The largest absolute Gasteiger partial charge is 0.496 e. The van der Waals surface area contributed by atoms with Crippen molar-refractivity contribution in [3.8, 4) is 5.75 Å². The Balaban J connectivity index is 2.97. The van der Waals surface area contributed by atoms with Crippen LogP contribution in [0.3, 0.4) is 0 Å². The first-order chi connectivity index (χ1) is 6.69. The molecule has 0 aliphatic carbocycles. The lowest BCUT2D eigenvalue weighted by atomic mass is 9.98. The lowest BCUT2D eigenvalue weighted by Crippen LogP contribution is -1.98. The first-order valence-electron chi connectivity index (χ1n) is 4.58. The fourth-order valence-corrected chi connectivity index (χ4v) is 2.12. The van der Waals surface area contributed by atoms with Crippen LogP contribution in [0.2, 0.25) is 0 Å². The molecule has 14 heavy (non-hydrogen) atoms. The second kappa shape index (κ2) is 5.62. The Labute approximate surface area is 98.5 Å². The molecule has 1 atom stereocenters. The van der Waals surface area contributed by atoms with Gasteiger partial charge in [0.2, 0.25) is 0 Å². The highest BCUT2D eigenvalue weighted by molar-refractivity contribution is 9.10. The van der Waals surface area contributed by atoms with Crippen LogP contribution >= 0.6 is 27.5 Å². The van der Waals surface area contributed by atoms with Crippen LogP contribution in [-0.2, 0) is 0 Å². The molecule has 0 aromatic heterocycles. The van der Waals surface area contributed by atoms with Crippen molar-refractivity contribution >= 4 is 27.5 Å². The molecule has 0 aliphatic rings. The number of alkyl halides is 1. The van der Waals surface area contributed by atoms with Crippen LogP contribution in [0, 0.1) is 0 Å². The molecule has 1 unspecified atom stereocenters. The van der Waals surface area contributed by atoms with Crippen LogP contribution < -0.4 is 4.74 Å². The molecule has 3 heteroatoms. The molecule has 0 N–H and O–H groups in total. The van der Waals surface area contributed by atoms with E-state index in [4.69, 9.17) is 16.3 Å². The van der Waals surface area contributed by atoms with Gasteiger partial charge >= 0.3 is 0 Å². The van der Waals surface area contributed by atoms with E-state index in [1.165, 1.54) is 5.56 Å². The third-order valence-electron chi connectivity index (χ3n) is 2.26. The van der Waals surface area contributed by atoms with Crippen molar-refractivity contribution in [2.75, 3.05) is 13.0 Å². The number of hydrogen-bond donors (Lipinski definition) is 0. The van der Waals surface area contributed by atoms with Gasteiger partial charge in [0.05, 0.1) is 7.11 Å². The highest BCUT2D eigenvalue weighted by Crippen LogP contribution is 2.31. The fourth-order valence-electron chi connectivity index (χ4n) is 1.41. The Morgan fingerprint density at radius 3 is 2.79 bits per heavy atom. The molecule has 0 fully saturated rings. The molecule has 0 bridgehead atoms. The zero-order chi connectivity index (χ0) is 10.6. The average Bonchev–Trinajstić information content (AvgIpc) is 2.18. The summed E-state index contributed by atoms with van der Waals surface area (Å²) in [6.07, 6.45) is 0.967. The van der Waals surface area contributed by atoms with Gasteiger partial charge in [-0.2, -0.15) is 0 Å². The van der Waals surface area contributed by atoms with Crippen LogP contribution in [0.15, 0.2) is 22.7 Å². The van der Waals surface area contributed by atoms with Gasteiger partial charge in [0, 0.05) is 10.4 Å². The number of benzene rings is 1. The third kappa shape index (κ3) is 2.89. The molecule has 0 saturated carbocycles. The number of hydrogen-bond acceptors (Lipinski definition) is 1. The van der Waals surface area contributed by atoms with E-state index in [1.54, 1.807) is 7.11 Å². The summed E-state index contributed by atoms with van der Waals surface area (Å²) in [6, 6.07) is 6.05. The van der Waals surface area contributed by atoms with Gasteiger partial charge in [-0.3, -0.25) is 0 Å². The van der Waals surface area contributed by atoms with Gasteiger partial charge < -0.3 is 4.74 Å². The van der Waals surface area contributed by atoms with Crippen molar-refractivity contribution in [3.63, 3.8) is 0 Å². The summed E-state index contributed by atoms with van der Waals surface area (Å²) in [4.78, 5) is 0. The molecule has 1 nitrogen and oxygen atoms in total. The molecule has 0 radical (unpaired) electrons. The normalized spacial score (nSPS) is 12.6. The molecule has 0 spiro atoms. The Hall–Kier alpha value is -0.210. The van der Waals surface area contributed by atoms with Crippen molar-refractivity contribution in [3.05, 3.63) is 28.2 Å². The first-order valence-corrected chi connectivity index (χ1v) is 5.91. The van der Waals surface area contributed by atoms with Crippen molar-refractivity contribution in [1.29, 1.82) is 0 Å². The van der Waals surface area contributed by atoms with Crippen molar-refractivity contribution < 1.29 is 4.74 Å². The van der Waals surface area contributed by atoms with E-state index >= 15 is 0 Å². The molecular weight excluding hydrogens is 263 g/mol. The van der Waals surface area contributed by atoms with Crippen LogP contribution in [0.1, 0.15) is 24.8 Å². The SMILES string of the molecule is COc1ccc(Br)cc1C(C)CCCl. The van der Waals surface area contributed by atoms with Gasteiger partial charge in [0.25, 0.3) is 0 Å². The van der Waals surface area contributed by atoms with E-state index in [1.807, 2.05) is 12.1 Å². The molecule has 0 amide bonds. The van der Waals surface area contributed by atoms with Crippen molar-refractivity contribution in [2.24, 2.45) is 0 Å². The third-order valence-corrected chi connectivity index (χ3v) is 2.98. The second-order valence-corrected chi connectivity index (χ2v) is 4.56. The summed E-state index contributed by atoms with van der Waals surface area (Å²) < 4.78 is 6.38. The molecule has 1 aromatic carbocycles. The topological polar surface area (TPSA) is 9.23 Å². The lowest BCUT2D eigenvalue weighted by Gasteiger charge is -2.14. The van der Waals surface area contributed by atoms with Crippen LogP contribution in [0.5, 0.6) is 5.75 Å². The van der Waals surface area contributed by atoms with Gasteiger partial charge in [-0.05, 0) is 36.1 Å². The quantitative estimate of drug-likeness (QED) is 0.750. The summed E-state index contributed by atoms with van der Waals surface area (Å²) in [7, 11) is 1.69. The number of methoxy groups -OCH3 is 1. The molecule has 1 aromatic rings. The zero-order valence-electron chi connectivity index (χ0n) is 8.39. The van der Waals surface area contributed by atoms with E-state index in [9.17, 15) is 0 Å². The summed E-state index contributed by atoms with van der Waals surface area (Å²) in [5, 5.41) is 0. The number of rotatable bonds is 4. The summed E-state index contributed by atoms with van der Waals surface area (Å²) in [6.45, 7) is 2.16. The Morgan fingerprint density at radius 1 is 1.50 bits per heavy atom. The number of ether oxygens (including phenoxy) is 1. The molecule has 1 rings (SSSR count). The van der Waals surface area contributed by atoms with Crippen molar-refractivity contribution in [2.45, 2.75) is 19.3 Å². The summed E-state index contributed by atoms with van der Waals surface area (Å²) in [5.41, 5.74) is 1.21. The maximum Gasteiger partial charge on any atom is 0.122 e. The summed E-state index contributed by atoms with van der Waals surface area (Å²) in [5.74, 6) is 2.04. The zero-order valence-corrected chi connectivity index (χ0v) is 10.7. The highest BCUT2D eigenvalue weighted by Gasteiger charge is 2.11. The van der Waals surface area contributed by atoms with Crippen LogP contribution in [-0.4, -0.2) is 13.0 Å². The van der Waals surface area contributed by atoms with Crippen molar-refractivity contribution in [1.82, 2.24) is 0 Å². The van der Waals surface area contributed by atoms with E-state index in [2.05, 4.69) is 28.9 Å². The van der Waals surface area contributed by atoms with E-state index in [0.717, 1.165) is 16.6 Å². The van der Waals surface area contributed by atoms with E-state index in [-0.39, 0.29) is 0 Å². The maximum atomic E-state index is 5.73. The first kappa shape index (κ1) is 11.9. The Kier molecular flexibility index (Phi) is 4.76. The van der Waals surface area contributed by atoms with Gasteiger partial charge in [0.1, 0.15) is 5.75 Å². The molecule has 0 saturated heterocycles. The minimum atomic E-state index is 0.431. The van der Waals surface area contributed by atoms with E-state index in [0.29, 0.717) is 11.8 Å². The highest BCUT2D eigenvalue weighted by atomic mass is 79.9. The molecular formula is C11H14BrClO. The Bertz CT molecular complexity index is 301. The van der Waals surface area contributed by atoms with Gasteiger partial charge in [-0.25, -0.2) is 0 Å². The van der Waals surface area contributed by atoms with Crippen LogP contribution in [0.4, 0.5) is 0 Å². The fraction of sp³-hybridized carbons (Fsp3) is 0.455. The predicted molar refractivity (Wildman–Crippen MR) is 64.4 cm³/mol. The summed E-state index contributed by atoms with van der Waals surface area (Å²) >= 11 is 9.19. The monoisotopic (exact) mass is 276 g/mol. The molecule has 0 aliphatic heterocycles. The van der Waals surface area contributed by atoms with Gasteiger partial charge in [0.15, 0.2) is 0 Å². The minimum Gasteiger partial charge on any atom is -0.496 e. The molecule has 0 heterocycles. The standard InChI is InChI=1S/C11H14BrClO/c1-8(5-6-13)10-7-9(12)3-4-11(10)14-2/h3-4,7-8H,5-6H2,1-2H3. The van der Waals surface area contributed by atoms with Crippen LogP contribution in [0.25, 0.3) is 0 Å². The second-order valence-electron chi connectivity index (χ2n) is 3.26. The molecule has 78 valence electrons. The van der Waals surface area contributed by atoms with Gasteiger partial charge in [-0.1, -0.05) is 22.9 Å². The average molecular weight is 278 g/mol. The predicted octanol–water partition coefficient (Wildman–Crippen LogP) is 4.19.